The van der Waals surface area contributed by atoms with E-state index in [1.165, 1.54) is 0 Å². The second kappa shape index (κ2) is 6.10. The van der Waals surface area contributed by atoms with E-state index in [-0.39, 0.29) is 12.4 Å². The van der Waals surface area contributed by atoms with Crippen LogP contribution >= 0.6 is 35.6 Å². The van der Waals surface area contributed by atoms with Crippen molar-refractivity contribution in [3.63, 3.8) is 0 Å². The van der Waals surface area contributed by atoms with Crippen LogP contribution in [0, 0.1) is 11.3 Å². The molecule has 1 rings (SSSR count). The number of hydrogen-bond donors (Lipinski definition) is 1. The number of nitrogens with two attached hydrogens (primary N) is 1. The van der Waals surface area contributed by atoms with E-state index in [0.29, 0.717) is 16.5 Å². The third-order valence-electron chi connectivity index (χ3n) is 1.64. The summed E-state index contributed by atoms with van der Waals surface area (Å²) in [5, 5.41) is 9.48. The van der Waals surface area contributed by atoms with Crippen LogP contribution in [-0.2, 0) is 6.42 Å². The first-order valence-electron chi connectivity index (χ1n) is 3.73. The maximum Gasteiger partial charge on any atom is 0.0969 e. The lowest BCUT2D eigenvalue weighted by Crippen LogP contribution is -2.20. The summed E-state index contributed by atoms with van der Waals surface area (Å²) < 4.78 is 0. The molecule has 0 heterocycles. The van der Waals surface area contributed by atoms with E-state index in [4.69, 9.17) is 34.2 Å². The molecular weight excluding hydrogens is 242 g/mol. The smallest absolute Gasteiger partial charge is 0.0969 e. The minimum absolute atomic E-state index is 0. The normalized spacial score (nSPS) is 11.3. The molecular formula is C9H9Cl3N2. The van der Waals surface area contributed by atoms with E-state index in [0.717, 1.165) is 5.56 Å². The molecule has 0 saturated heterocycles. The first kappa shape index (κ1) is 13.5. The van der Waals surface area contributed by atoms with Crippen molar-refractivity contribution in [1.29, 1.82) is 5.26 Å². The number of benzene rings is 1. The van der Waals surface area contributed by atoms with E-state index in [1.54, 1.807) is 12.1 Å². The fourth-order valence-electron chi connectivity index (χ4n) is 0.989. The van der Waals surface area contributed by atoms with Gasteiger partial charge in [-0.1, -0.05) is 35.3 Å². The van der Waals surface area contributed by atoms with Crippen LogP contribution < -0.4 is 5.73 Å². The Bertz CT molecular complexity index is 346. The minimum atomic E-state index is -0.532. The number of halogens is 3. The summed E-state index contributed by atoms with van der Waals surface area (Å²) in [5.41, 5.74) is 6.27. The van der Waals surface area contributed by atoms with Gasteiger partial charge >= 0.3 is 0 Å². The van der Waals surface area contributed by atoms with Crippen LogP contribution in [0.25, 0.3) is 0 Å². The van der Waals surface area contributed by atoms with Crippen LogP contribution in [0.1, 0.15) is 5.56 Å². The molecule has 1 unspecified atom stereocenters. The molecule has 0 aliphatic rings. The molecule has 0 fully saturated rings. The van der Waals surface area contributed by atoms with Gasteiger partial charge in [0.05, 0.1) is 22.2 Å². The Labute approximate surface area is 99.0 Å². The Morgan fingerprint density at radius 2 is 2.07 bits per heavy atom. The fourth-order valence-corrected chi connectivity index (χ4v) is 1.39. The zero-order valence-electron chi connectivity index (χ0n) is 7.21. The van der Waals surface area contributed by atoms with E-state index in [1.807, 2.05) is 12.1 Å². The Morgan fingerprint density at radius 1 is 1.43 bits per heavy atom. The molecule has 0 saturated carbocycles. The minimum Gasteiger partial charge on any atom is -0.316 e. The zero-order chi connectivity index (χ0) is 9.84. The van der Waals surface area contributed by atoms with Crippen LogP contribution in [0.15, 0.2) is 18.2 Å². The maximum absolute atomic E-state index is 8.51. The predicted octanol–water partition coefficient (Wildman–Crippen LogP) is 2.81. The van der Waals surface area contributed by atoms with Gasteiger partial charge in [0.2, 0.25) is 0 Å². The first-order valence-corrected chi connectivity index (χ1v) is 4.49. The lowest BCUT2D eigenvalue weighted by molar-refractivity contribution is 0.823. The van der Waals surface area contributed by atoms with E-state index < -0.39 is 6.04 Å². The fraction of sp³-hybridized carbons (Fsp3) is 0.222. The van der Waals surface area contributed by atoms with Crippen LogP contribution in [0.5, 0.6) is 0 Å². The van der Waals surface area contributed by atoms with Crippen molar-refractivity contribution in [2.24, 2.45) is 5.73 Å². The van der Waals surface area contributed by atoms with Gasteiger partial charge in [-0.3, -0.25) is 0 Å². The van der Waals surface area contributed by atoms with Gasteiger partial charge in [0.25, 0.3) is 0 Å². The molecule has 14 heavy (non-hydrogen) atoms. The summed E-state index contributed by atoms with van der Waals surface area (Å²) in [6, 6.07) is 6.70. The van der Waals surface area contributed by atoms with Gasteiger partial charge in [-0.15, -0.1) is 12.4 Å². The molecule has 1 atom stereocenters. The van der Waals surface area contributed by atoms with Crippen LogP contribution in [0.4, 0.5) is 0 Å². The molecule has 5 heteroatoms. The molecule has 76 valence electrons. The average Bonchev–Trinajstić information content (AvgIpc) is 2.13. The Kier molecular flexibility index (Phi) is 5.90. The number of nitriles is 1. The van der Waals surface area contributed by atoms with Crippen molar-refractivity contribution in [2.75, 3.05) is 0 Å². The zero-order valence-corrected chi connectivity index (χ0v) is 9.53. The Balaban J connectivity index is 0.00000169. The lowest BCUT2D eigenvalue weighted by Gasteiger charge is -2.06. The topological polar surface area (TPSA) is 49.8 Å². The quantitative estimate of drug-likeness (QED) is 0.879. The van der Waals surface area contributed by atoms with E-state index in [2.05, 4.69) is 0 Å². The van der Waals surface area contributed by atoms with Gasteiger partial charge in [-0.25, -0.2) is 0 Å². The van der Waals surface area contributed by atoms with Crippen LogP contribution in [0.3, 0.4) is 0 Å². The van der Waals surface area contributed by atoms with Gasteiger partial charge in [0, 0.05) is 6.42 Å². The highest BCUT2D eigenvalue weighted by molar-refractivity contribution is 6.42. The molecule has 0 aliphatic carbocycles. The summed E-state index contributed by atoms with van der Waals surface area (Å²) in [6.45, 7) is 0. The molecule has 2 N–H and O–H groups in total. The monoisotopic (exact) mass is 250 g/mol. The van der Waals surface area contributed by atoms with Crippen molar-refractivity contribution >= 4 is 35.6 Å². The number of rotatable bonds is 2. The van der Waals surface area contributed by atoms with E-state index >= 15 is 0 Å². The third-order valence-corrected chi connectivity index (χ3v) is 2.50. The summed E-state index contributed by atoms with van der Waals surface area (Å²) in [5.74, 6) is 0. The molecule has 0 aromatic heterocycles. The van der Waals surface area contributed by atoms with Gasteiger partial charge in [-0.2, -0.15) is 5.26 Å². The second-order valence-corrected chi connectivity index (χ2v) is 3.44. The predicted molar refractivity (Wildman–Crippen MR) is 61.0 cm³/mol. The van der Waals surface area contributed by atoms with Crippen molar-refractivity contribution in [1.82, 2.24) is 0 Å². The number of hydrogen-bond acceptors (Lipinski definition) is 2. The van der Waals surface area contributed by atoms with Crippen molar-refractivity contribution in [3.8, 4) is 6.07 Å². The van der Waals surface area contributed by atoms with Crippen LogP contribution in [0.2, 0.25) is 10.0 Å². The molecule has 0 aliphatic heterocycles. The molecule has 1 aromatic carbocycles. The van der Waals surface area contributed by atoms with Gasteiger partial charge in [0.1, 0.15) is 0 Å². The van der Waals surface area contributed by atoms with Crippen molar-refractivity contribution < 1.29 is 0 Å². The third kappa shape index (κ3) is 3.36. The van der Waals surface area contributed by atoms with E-state index in [9.17, 15) is 0 Å². The molecule has 0 radical (unpaired) electrons. The van der Waals surface area contributed by atoms with Crippen molar-refractivity contribution in [2.45, 2.75) is 12.5 Å². The summed E-state index contributed by atoms with van der Waals surface area (Å²) >= 11 is 11.7. The molecule has 0 spiro atoms. The highest BCUT2D eigenvalue weighted by atomic mass is 35.5. The second-order valence-electron chi connectivity index (χ2n) is 2.65. The first-order chi connectivity index (χ1) is 6.15. The SMILES string of the molecule is Cl.N#CC(N)Cc1cccc(Cl)c1Cl. The summed E-state index contributed by atoms with van der Waals surface area (Å²) in [4.78, 5) is 0. The number of nitrogens with zero attached hydrogens (tertiary/aromatic N) is 1. The van der Waals surface area contributed by atoms with Crippen LogP contribution in [-0.4, -0.2) is 6.04 Å². The summed E-state index contributed by atoms with van der Waals surface area (Å²) in [6.07, 6.45) is 0.426. The lowest BCUT2D eigenvalue weighted by atomic mass is 10.1. The Morgan fingerprint density at radius 3 is 2.64 bits per heavy atom. The average molecular weight is 252 g/mol. The molecule has 1 aromatic rings. The largest absolute Gasteiger partial charge is 0.316 e. The molecule has 2 nitrogen and oxygen atoms in total. The highest BCUT2D eigenvalue weighted by Gasteiger charge is 2.07. The molecule has 0 amide bonds. The maximum atomic E-state index is 8.51. The van der Waals surface area contributed by atoms with Gasteiger partial charge in [-0.05, 0) is 11.6 Å². The summed E-state index contributed by atoms with van der Waals surface area (Å²) in [7, 11) is 0. The van der Waals surface area contributed by atoms with Crippen molar-refractivity contribution in [3.05, 3.63) is 33.8 Å². The standard InChI is InChI=1S/C9H8Cl2N2.ClH/c10-8-3-1-2-6(9(8)11)4-7(13)5-12;/h1-3,7H,4,13H2;1H. The van der Waals surface area contributed by atoms with Gasteiger partial charge < -0.3 is 5.73 Å². The molecule has 0 bridgehead atoms. The highest BCUT2D eigenvalue weighted by Crippen LogP contribution is 2.25. The van der Waals surface area contributed by atoms with Gasteiger partial charge in [0.15, 0.2) is 0 Å². The Hall–Kier alpha value is -0.460.